The summed E-state index contributed by atoms with van der Waals surface area (Å²) in [5.41, 5.74) is 4.91. The van der Waals surface area contributed by atoms with E-state index in [-0.39, 0.29) is 27.6 Å². The van der Waals surface area contributed by atoms with E-state index in [1.165, 1.54) is 40.0 Å². The van der Waals surface area contributed by atoms with E-state index in [1.54, 1.807) is 4.31 Å². The first-order valence-corrected chi connectivity index (χ1v) is 18.6. The predicted octanol–water partition coefficient (Wildman–Crippen LogP) is 5.55. The van der Waals surface area contributed by atoms with Crippen LogP contribution < -0.4 is 5.32 Å². The third kappa shape index (κ3) is 7.74. The monoisotopic (exact) mass is 695 g/mol. The SMILES string of the molecule is Cc1c(CN2CCC(Nc3nc(F)nc4sc(CC(F)(F)F)cc34)CC2)ccc2c1cc(C)n2C[C@H](C)N1CCN(S(C)(=O)=O)CC1. The van der Waals surface area contributed by atoms with Crippen LogP contribution in [0.3, 0.4) is 0 Å². The molecule has 1 N–H and O–H groups in total. The Bertz CT molecular complexity index is 1860. The van der Waals surface area contributed by atoms with E-state index in [0.717, 1.165) is 63.4 Å². The van der Waals surface area contributed by atoms with Gasteiger partial charge in [0.05, 0.1) is 18.1 Å². The summed E-state index contributed by atoms with van der Waals surface area (Å²) in [5.74, 6) is 0.252. The molecule has 0 unspecified atom stereocenters. The Labute approximate surface area is 276 Å². The first-order valence-electron chi connectivity index (χ1n) is 15.9. The van der Waals surface area contributed by atoms with Crippen molar-refractivity contribution in [3.63, 3.8) is 0 Å². The largest absolute Gasteiger partial charge is 0.393 e. The van der Waals surface area contributed by atoms with Crippen LogP contribution in [0, 0.1) is 19.9 Å². The van der Waals surface area contributed by atoms with Crippen LogP contribution in [0.5, 0.6) is 0 Å². The Kier molecular flexibility index (Phi) is 9.57. The molecule has 256 valence electrons. The zero-order valence-electron chi connectivity index (χ0n) is 27.1. The molecule has 3 aromatic heterocycles. The Morgan fingerprint density at radius 2 is 1.72 bits per heavy atom. The average molecular weight is 696 g/mol. The molecule has 4 aromatic rings. The number of aryl methyl sites for hydroxylation is 2. The van der Waals surface area contributed by atoms with E-state index in [2.05, 4.69) is 68.6 Å². The highest BCUT2D eigenvalue weighted by molar-refractivity contribution is 7.88. The smallest absolute Gasteiger partial charge is 0.367 e. The van der Waals surface area contributed by atoms with Crippen molar-refractivity contribution >= 4 is 48.3 Å². The molecule has 1 aromatic carbocycles. The number of sulfonamides is 1. The molecule has 2 saturated heterocycles. The number of halogens is 4. The molecule has 5 heterocycles. The minimum atomic E-state index is -4.35. The minimum Gasteiger partial charge on any atom is -0.367 e. The van der Waals surface area contributed by atoms with Gasteiger partial charge in [-0.1, -0.05) is 6.07 Å². The molecule has 15 heteroatoms. The lowest BCUT2D eigenvalue weighted by Gasteiger charge is -2.37. The number of hydrogen-bond donors (Lipinski definition) is 1. The molecule has 0 spiro atoms. The van der Waals surface area contributed by atoms with E-state index in [4.69, 9.17) is 0 Å². The molecule has 0 saturated carbocycles. The maximum Gasteiger partial charge on any atom is 0.393 e. The topological polar surface area (TPSA) is 86.6 Å². The fourth-order valence-electron chi connectivity index (χ4n) is 6.93. The molecule has 0 bridgehead atoms. The van der Waals surface area contributed by atoms with Gasteiger partial charge < -0.3 is 9.88 Å². The molecular formula is C32H41F4N7O2S2. The van der Waals surface area contributed by atoms with Gasteiger partial charge in [-0.05, 0) is 62.9 Å². The van der Waals surface area contributed by atoms with Gasteiger partial charge >= 0.3 is 12.3 Å². The summed E-state index contributed by atoms with van der Waals surface area (Å²) < 4.78 is 80.7. The van der Waals surface area contributed by atoms with E-state index in [1.807, 2.05) is 0 Å². The number of nitrogens with zero attached hydrogens (tertiary/aromatic N) is 6. The summed E-state index contributed by atoms with van der Waals surface area (Å²) in [7, 11) is -3.16. The Morgan fingerprint density at radius 3 is 2.38 bits per heavy atom. The quantitative estimate of drug-likeness (QED) is 0.182. The van der Waals surface area contributed by atoms with Crippen LogP contribution in [-0.2, 0) is 29.5 Å². The van der Waals surface area contributed by atoms with E-state index in [0.29, 0.717) is 18.5 Å². The molecule has 0 amide bonds. The summed E-state index contributed by atoms with van der Waals surface area (Å²) in [6.45, 7) is 12.3. The number of piperazine rings is 1. The number of anilines is 1. The van der Waals surface area contributed by atoms with E-state index < -0.39 is 28.7 Å². The first-order chi connectivity index (χ1) is 22.1. The second-order valence-corrected chi connectivity index (χ2v) is 16.1. The number of fused-ring (bicyclic) bond motifs is 2. The van der Waals surface area contributed by atoms with Crippen LogP contribution in [0.25, 0.3) is 21.1 Å². The van der Waals surface area contributed by atoms with Gasteiger partial charge in [0.1, 0.15) is 10.6 Å². The number of aromatic nitrogens is 3. The normalized spacial score (nSPS) is 18.8. The third-order valence-corrected chi connectivity index (χ3v) is 11.9. The summed E-state index contributed by atoms with van der Waals surface area (Å²) in [6, 6.07) is 8.37. The zero-order valence-corrected chi connectivity index (χ0v) is 28.7. The van der Waals surface area contributed by atoms with Crippen molar-refractivity contribution in [2.45, 2.75) is 71.4 Å². The number of rotatable bonds is 9. The number of alkyl halides is 3. The van der Waals surface area contributed by atoms with Gasteiger partial charge in [-0.15, -0.1) is 11.3 Å². The van der Waals surface area contributed by atoms with Crippen LogP contribution in [-0.4, -0.2) is 101 Å². The zero-order chi connectivity index (χ0) is 33.7. The van der Waals surface area contributed by atoms with Gasteiger partial charge in [0, 0.05) is 85.9 Å². The second-order valence-electron chi connectivity index (χ2n) is 13.0. The van der Waals surface area contributed by atoms with Gasteiger partial charge in [0.2, 0.25) is 10.0 Å². The highest BCUT2D eigenvalue weighted by Gasteiger charge is 2.30. The molecule has 6 rings (SSSR count). The van der Waals surface area contributed by atoms with Crippen molar-refractivity contribution < 1.29 is 26.0 Å². The van der Waals surface area contributed by atoms with E-state index in [9.17, 15) is 26.0 Å². The summed E-state index contributed by atoms with van der Waals surface area (Å²) in [4.78, 5) is 12.7. The standard InChI is InChI=1S/C32H41F4N7O2S2/c1-20-15-26-22(3)23(5-6-28(26)43(20)18-21(2)41-11-13-42(14-12-41)47(4,44)45)19-40-9-7-24(8-10-40)37-29-27-16-25(17-32(34,35)36)46-30(27)39-31(33)38-29/h5-6,15-16,21,24H,7-14,17-19H2,1-4H3,(H,37,38,39)/t21-/m0/s1. The predicted molar refractivity (Wildman–Crippen MR) is 178 cm³/mol. The molecular weight excluding hydrogens is 655 g/mol. The van der Waals surface area contributed by atoms with E-state index >= 15 is 0 Å². The lowest BCUT2D eigenvalue weighted by atomic mass is 10.0. The van der Waals surface area contributed by atoms with Crippen molar-refractivity contribution in [2.75, 3.05) is 50.8 Å². The van der Waals surface area contributed by atoms with Crippen molar-refractivity contribution in [2.24, 2.45) is 0 Å². The van der Waals surface area contributed by atoms with Crippen LogP contribution in [0.4, 0.5) is 23.4 Å². The molecule has 2 aliphatic rings. The Hall–Kier alpha value is -2.85. The van der Waals surface area contributed by atoms with Gasteiger partial charge in [-0.2, -0.15) is 31.8 Å². The van der Waals surface area contributed by atoms with Crippen LogP contribution in [0.15, 0.2) is 24.3 Å². The molecule has 0 aliphatic carbocycles. The van der Waals surface area contributed by atoms with Crippen molar-refractivity contribution in [3.05, 3.63) is 52.0 Å². The fraction of sp³-hybridized carbons (Fsp3) is 0.562. The lowest BCUT2D eigenvalue weighted by Crippen LogP contribution is -2.51. The van der Waals surface area contributed by atoms with Gasteiger partial charge in [0.15, 0.2) is 0 Å². The van der Waals surface area contributed by atoms with Crippen molar-refractivity contribution in [3.8, 4) is 0 Å². The molecule has 1 atom stereocenters. The molecule has 9 nitrogen and oxygen atoms in total. The Balaban J connectivity index is 1.07. The summed E-state index contributed by atoms with van der Waals surface area (Å²) in [6.07, 6.45) is -3.52. The van der Waals surface area contributed by atoms with Gasteiger partial charge in [-0.3, -0.25) is 9.80 Å². The number of likely N-dealkylation sites (tertiary alicyclic amines) is 1. The number of nitrogens with one attached hydrogen (secondary N) is 1. The average Bonchev–Trinajstić information content (AvgIpc) is 3.54. The van der Waals surface area contributed by atoms with Crippen molar-refractivity contribution in [1.29, 1.82) is 0 Å². The molecule has 47 heavy (non-hydrogen) atoms. The Morgan fingerprint density at radius 1 is 1.02 bits per heavy atom. The number of thiophene rings is 1. The third-order valence-electron chi connectivity index (χ3n) is 9.60. The maximum atomic E-state index is 14.2. The second kappa shape index (κ2) is 13.2. The maximum absolute atomic E-state index is 14.2. The molecule has 2 aliphatic heterocycles. The first kappa shape index (κ1) is 34.0. The lowest BCUT2D eigenvalue weighted by molar-refractivity contribution is -0.126. The number of piperidine rings is 1. The van der Waals surface area contributed by atoms with Crippen LogP contribution >= 0.6 is 11.3 Å². The highest BCUT2D eigenvalue weighted by atomic mass is 32.2. The highest BCUT2D eigenvalue weighted by Crippen LogP contribution is 2.34. The number of hydrogen-bond acceptors (Lipinski definition) is 8. The molecule has 2 fully saturated rings. The molecule has 0 radical (unpaired) electrons. The fourth-order valence-corrected chi connectivity index (χ4v) is 8.81. The van der Waals surface area contributed by atoms with Gasteiger partial charge in [-0.25, -0.2) is 8.42 Å². The summed E-state index contributed by atoms with van der Waals surface area (Å²) in [5, 5.41) is 4.95. The van der Waals surface area contributed by atoms with Gasteiger partial charge in [0.25, 0.3) is 0 Å². The number of benzene rings is 1. The van der Waals surface area contributed by atoms with Crippen molar-refractivity contribution in [1.82, 2.24) is 28.6 Å². The van der Waals surface area contributed by atoms with Crippen LogP contribution in [0.2, 0.25) is 0 Å². The summed E-state index contributed by atoms with van der Waals surface area (Å²) >= 11 is 0.847. The van der Waals surface area contributed by atoms with Crippen LogP contribution in [0.1, 0.15) is 41.5 Å². The minimum absolute atomic E-state index is 0.0197.